The average molecular weight is 222 g/mol. The summed E-state index contributed by atoms with van der Waals surface area (Å²) in [6.45, 7) is 1.92. The molecular formula is C11H12ClN3. The Kier molecular flexibility index (Phi) is 2.64. The van der Waals surface area contributed by atoms with Crippen LogP contribution in [0.15, 0.2) is 29.4 Å². The summed E-state index contributed by atoms with van der Waals surface area (Å²) in [7, 11) is 1.75. The maximum Gasteiger partial charge on any atom is 0.0972 e. The smallest absolute Gasteiger partial charge is 0.0972 e. The lowest BCUT2D eigenvalue weighted by Crippen LogP contribution is -2.05. The number of fused-ring (bicyclic) bond motifs is 1. The molecule has 0 amide bonds. The fraction of sp³-hybridized carbons (Fsp3) is 0.182. The second-order valence-electron chi connectivity index (χ2n) is 3.33. The molecule has 3 nitrogen and oxygen atoms in total. The summed E-state index contributed by atoms with van der Waals surface area (Å²) in [5, 5.41) is 5.01. The minimum atomic E-state index is 0.733. The van der Waals surface area contributed by atoms with Gasteiger partial charge >= 0.3 is 0 Å². The minimum absolute atomic E-state index is 0.733. The van der Waals surface area contributed by atoms with Crippen LogP contribution in [0.25, 0.3) is 10.9 Å². The van der Waals surface area contributed by atoms with Crippen LogP contribution in [0.2, 0.25) is 5.02 Å². The third-order valence-electron chi connectivity index (χ3n) is 2.29. The molecular weight excluding hydrogens is 210 g/mol. The molecule has 1 aromatic heterocycles. The first-order valence-corrected chi connectivity index (χ1v) is 5.05. The Labute approximate surface area is 93.2 Å². The zero-order valence-corrected chi connectivity index (χ0v) is 9.39. The predicted octanol–water partition coefficient (Wildman–Crippen LogP) is 3.28. The number of benzene rings is 1. The van der Waals surface area contributed by atoms with E-state index in [2.05, 4.69) is 15.3 Å². The van der Waals surface area contributed by atoms with Gasteiger partial charge in [0.25, 0.3) is 0 Å². The van der Waals surface area contributed by atoms with Crippen molar-refractivity contribution in [2.45, 2.75) is 6.92 Å². The van der Waals surface area contributed by atoms with E-state index in [1.165, 1.54) is 0 Å². The van der Waals surface area contributed by atoms with Gasteiger partial charge in [0.1, 0.15) is 0 Å². The maximum atomic E-state index is 5.95. The van der Waals surface area contributed by atoms with Crippen LogP contribution < -0.4 is 5.32 Å². The first kappa shape index (κ1) is 10.1. The Balaban J connectivity index is 2.48. The van der Waals surface area contributed by atoms with Gasteiger partial charge in [0, 0.05) is 29.2 Å². The number of hydrogen-bond acceptors (Lipinski definition) is 1. The van der Waals surface area contributed by atoms with Gasteiger partial charge in [-0.15, -0.1) is 0 Å². The lowest BCUT2D eigenvalue weighted by Gasteiger charge is -2.02. The van der Waals surface area contributed by atoms with Gasteiger partial charge in [0.15, 0.2) is 0 Å². The Hall–Kier alpha value is -1.48. The van der Waals surface area contributed by atoms with Gasteiger partial charge < -0.3 is 10.3 Å². The molecule has 2 aromatic rings. The molecule has 4 heteroatoms. The van der Waals surface area contributed by atoms with Gasteiger partial charge in [-0.3, -0.25) is 4.99 Å². The second kappa shape index (κ2) is 3.95. The van der Waals surface area contributed by atoms with E-state index in [0.717, 1.165) is 27.4 Å². The largest absolute Gasteiger partial charge is 0.359 e. The summed E-state index contributed by atoms with van der Waals surface area (Å²) >= 11 is 5.95. The van der Waals surface area contributed by atoms with Crippen molar-refractivity contribution in [3.8, 4) is 0 Å². The van der Waals surface area contributed by atoms with E-state index < -0.39 is 0 Å². The van der Waals surface area contributed by atoms with Gasteiger partial charge in [-0.05, 0) is 25.1 Å². The third kappa shape index (κ3) is 1.97. The van der Waals surface area contributed by atoms with Crippen LogP contribution in [-0.4, -0.2) is 17.9 Å². The first-order valence-electron chi connectivity index (χ1n) is 4.68. The highest BCUT2D eigenvalue weighted by atomic mass is 35.5. The molecule has 0 aliphatic heterocycles. The molecule has 2 N–H and O–H groups in total. The topological polar surface area (TPSA) is 40.2 Å². The molecule has 0 atom stereocenters. The van der Waals surface area contributed by atoms with Crippen molar-refractivity contribution in [3.05, 3.63) is 29.4 Å². The minimum Gasteiger partial charge on any atom is -0.359 e. The average Bonchev–Trinajstić information content (AvgIpc) is 2.61. The summed E-state index contributed by atoms with van der Waals surface area (Å²) in [6, 6.07) is 5.75. The first-order chi connectivity index (χ1) is 7.20. The summed E-state index contributed by atoms with van der Waals surface area (Å²) in [5.74, 6) is 0.871. The molecule has 0 spiro atoms. The van der Waals surface area contributed by atoms with Crippen molar-refractivity contribution in [2.75, 3.05) is 12.4 Å². The summed E-state index contributed by atoms with van der Waals surface area (Å²) < 4.78 is 0. The van der Waals surface area contributed by atoms with Crippen LogP contribution in [0.3, 0.4) is 0 Å². The van der Waals surface area contributed by atoms with Crippen molar-refractivity contribution in [1.29, 1.82) is 0 Å². The number of aromatic nitrogens is 1. The van der Waals surface area contributed by atoms with Gasteiger partial charge in [-0.25, -0.2) is 0 Å². The molecule has 0 bridgehead atoms. The number of anilines is 1. The molecule has 0 aliphatic rings. The number of hydrogen-bond donors (Lipinski definition) is 2. The van der Waals surface area contributed by atoms with Crippen molar-refractivity contribution < 1.29 is 0 Å². The SMILES string of the molecule is CN=C(C)Nc1c[nH]c2ccc(Cl)cc12. The van der Waals surface area contributed by atoms with E-state index >= 15 is 0 Å². The highest BCUT2D eigenvalue weighted by molar-refractivity contribution is 6.31. The van der Waals surface area contributed by atoms with E-state index in [1.807, 2.05) is 31.3 Å². The van der Waals surface area contributed by atoms with Gasteiger partial charge in [0.05, 0.1) is 11.5 Å². The number of nitrogens with zero attached hydrogens (tertiary/aromatic N) is 1. The van der Waals surface area contributed by atoms with Crippen molar-refractivity contribution in [1.82, 2.24) is 4.98 Å². The molecule has 0 radical (unpaired) electrons. The molecule has 0 aliphatic carbocycles. The Morgan fingerprint density at radius 3 is 3.00 bits per heavy atom. The van der Waals surface area contributed by atoms with Crippen LogP contribution in [-0.2, 0) is 0 Å². The number of amidine groups is 1. The second-order valence-corrected chi connectivity index (χ2v) is 3.76. The summed E-state index contributed by atoms with van der Waals surface area (Å²) in [4.78, 5) is 7.22. The highest BCUT2D eigenvalue weighted by Gasteiger charge is 2.03. The summed E-state index contributed by atoms with van der Waals surface area (Å²) in [6.07, 6.45) is 1.91. The Bertz CT molecular complexity index is 514. The molecule has 78 valence electrons. The number of aliphatic imine (C=N–C) groups is 1. The summed E-state index contributed by atoms with van der Waals surface area (Å²) in [5.41, 5.74) is 2.06. The number of rotatable bonds is 1. The monoisotopic (exact) mass is 221 g/mol. The van der Waals surface area contributed by atoms with Crippen LogP contribution >= 0.6 is 11.6 Å². The van der Waals surface area contributed by atoms with Gasteiger partial charge in [-0.2, -0.15) is 0 Å². The lowest BCUT2D eigenvalue weighted by molar-refractivity contribution is 1.40. The third-order valence-corrected chi connectivity index (χ3v) is 2.53. The molecule has 1 heterocycles. The molecule has 0 fully saturated rings. The van der Waals surface area contributed by atoms with Crippen molar-refractivity contribution in [3.63, 3.8) is 0 Å². The fourth-order valence-corrected chi connectivity index (χ4v) is 1.62. The van der Waals surface area contributed by atoms with Crippen LogP contribution in [0.4, 0.5) is 5.69 Å². The Morgan fingerprint density at radius 1 is 1.47 bits per heavy atom. The predicted molar refractivity (Wildman–Crippen MR) is 66.0 cm³/mol. The maximum absolute atomic E-state index is 5.95. The number of H-pyrrole nitrogens is 1. The molecule has 1 aromatic carbocycles. The fourth-order valence-electron chi connectivity index (χ4n) is 1.45. The Morgan fingerprint density at radius 2 is 2.27 bits per heavy atom. The van der Waals surface area contributed by atoms with Crippen molar-refractivity contribution in [2.24, 2.45) is 4.99 Å². The number of aromatic amines is 1. The lowest BCUT2D eigenvalue weighted by atomic mass is 10.2. The molecule has 0 saturated carbocycles. The zero-order valence-electron chi connectivity index (χ0n) is 8.63. The van der Waals surface area contributed by atoms with Crippen LogP contribution in [0, 0.1) is 0 Å². The van der Waals surface area contributed by atoms with E-state index in [4.69, 9.17) is 11.6 Å². The highest BCUT2D eigenvalue weighted by Crippen LogP contribution is 2.25. The van der Waals surface area contributed by atoms with Crippen LogP contribution in [0.1, 0.15) is 6.92 Å². The van der Waals surface area contributed by atoms with E-state index in [-0.39, 0.29) is 0 Å². The quantitative estimate of drug-likeness (QED) is 0.563. The van der Waals surface area contributed by atoms with Crippen molar-refractivity contribution >= 4 is 34.0 Å². The zero-order chi connectivity index (χ0) is 10.8. The van der Waals surface area contributed by atoms with E-state index in [1.54, 1.807) is 7.05 Å². The van der Waals surface area contributed by atoms with Crippen LogP contribution in [0.5, 0.6) is 0 Å². The number of halogens is 1. The molecule has 0 unspecified atom stereocenters. The molecule has 15 heavy (non-hydrogen) atoms. The van der Waals surface area contributed by atoms with E-state index in [0.29, 0.717) is 0 Å². The normalized spacial score (nSPS) is 12.1. The number of nitrogens with one attached hydrogen (secondary N) is 2. The molecule has 0 saturated heterocycles. The van der Waals surface area contributed by atoms with Gasteiger partial charge in [0.2, 0.25) is 0 Å². The van der Waals surface area contributed by atoms with Gasteiger partial charge in [-0.1, -0.05) is 11.6 Å². The van der Waals surface area contributed by atoms with E-state index in [9.17, 15) is 0 Å². The molecule has 2 rings (SSSR count). The standard InChI is InChI=1S/C11H12ClN3/c1-7(13-2)15-11-6-14-10-4-3-8(12)5-9(10)11/h3-6,14H,1-2H3,(H,13,15).